The number of piperidine rings is 1. The van der Waals surface area contributed by atoms with Crippen molar-refractivity contribution in [1.82, 2.24) is 9.80 Å². The van der Waals surface area contributed by atoms with E-state index in [4.69, 9.17) is 0 Å². The molecule has 0 N–H and O–H groups in total. The number of imide groups is 1. The van der Waals surface area contributed by atoms with Crippen molar-refractivity contribution in [3.8, 4) is 6.07 Å². The van der Waals surface area contributed by atoms with Gasteiger partial charge in [-0.25, -0.2) is 0 Å². The summed E-state index contributed by atoms with van der Waals surface area (Å²) in [5, 5.41) is 9.72. The lowest BCUT2D eigenvalue weighted by Gasteiger charge is -2.39. The predicted octanol–water partition coefficient (Wildman–Crippen LogP) is 1.69. The third kappa shape index (κ3) is 2.64. The highest BCUT2D eigenvalue weighted by Gasteiger charge is 2.45. The van der Waals surface area contributed by atoms with Crippen molar-refractivity contribution in [1.29, 1.82) is 5.26 Å². The van der Waals surface area contributed by atoms with Crippen molar-refractivity contribution in [3.05, 3.63) is 35.9 Å². The van der Waals surface area contributed by atoms with E-state index in [0.717, 1.165) is 5.56 Å². The van der Waals surface area contributed by atoms with Gasteiger partial charge in [0, 0.05) is 19.6 Å². The summed E-state index contributed by atoms with van der Waals surface area (Å²) in [5.41, 5.74) is 0.569. The number of likely N-dealkylation sites (tertiary alicyclic amines) is 2. The van der Waals surface area contributed by atoms with Gasteiger partial charge in [0.25, 0.3) is 0 Å². The molecule has 0 radical (unpaired) electrons. The minimum Gasteiger partial charge on any atom is -0.291 e. The Balaban J connectivity index is 1.73. The van der Waals surface area contributed by atoms with Gasteiger partial charge in [-0.05, 0) is 25.3 Å². The van der Waals surface area contributed by atoms with E-state index < -0.39 is 5.41 Å². The van der Waals surface area contributed by atoms with Gasteiger partial charge in [-0.3, -0.25) is 19.4 Å². The molecule has 0 bridgehead atoms. The van der Waals surface area contributed by atoms with Crippen molar-refractivity contribution < 1.29 is 9.59 Å². The van der Waals surface area contributed by atoms with Crippen LogP contribution >= 0.6 is 0 Å². The molecule has 3 rings (SSSR count). The number of nitrogens with zero attached hydrogens (tertiary/aromatic N) is 3. The third-order valence-corrected chi connectivity index (χ3v) is 5.17. The molecule has 5 heteroatoms. The molecule has 0 unspecified atom stereocenters. The number of benzene rings is 1. The van der Waals surface area contributed by atoms with E-state index in [0.29, 0.717) is 32.5 Å². The summed E-state index contributed by atoms with van der Waals surface area (Å²) in [6.07, 6.45) is 1.66. The number of carbonyl (C=O) groups is 2. The van der Waals surface area contributed by atoms with Crippen molar-refractivity contribution in [2.75, 3.05) is 19.6 Å². The van der Waals surface area contributed by atoms with Crippen LogP contribution in [0.15, 0.2) is 30.3 Å². The molecule has 23 heavy (non-hydrogen) atoms. The molecule has 2 amide bonds. The van der Waals surface area contributed by atoms with Crippen LogP contribution in [0.3, 0.4) is 0 Å². The molecular weight excluding hydrogens is 290 g/mol. The molecule has 0 saturated carbocycles. The average molecular weight is 311 g/mol. The van der Waals surface area contributed by atoms with Gasteiger partial charge in [-0.15, -0.1) is 0 Å². The van der Waals surface area contributed by atoms with E-state index in [9.17, 15) is 14.9 Å². The van der Waals surface area contributed by atoms with E-state index >= 15 is 0 Å². The summed E-state index contributed by atoms with van der Waals surface area (Å²) in [4.78, 5) is 27.7. The summed E-state index contributed by atoms with van der Waals surface area (Å²) in [6, 6.07) is 12.0. The first-order chi connectivity index (χ1) is 11.1. The first kappa shape index (κ1) is 15.7. The van der Waals surface area contributed by atoms with Crippen LogP contribution < -0.4 is 0 Å². The number of nitriles is 1. The third-order valence-electron chi connectivity index (χ3n) is 5.17. The highest BCUT2D eigenvalue weighted by atomic mass is 16.2. The molecule has 0 spiro atoms. The lowest BCUT2D eigenvalue weighted by molar-refractivity contribution is -0.139. The average Bonchev–Trinajstić information content (AvgIpc) is 2.89. The normalized spacial score (nSPS) is 24.7. The van der Waals surface area contributed by atoms with Gasteiger partial charge >= 0.3 is 0 Å². The molecule has 0 aliphatic carbocycles. The van der Waals surface area contributed by atoms with Crippen molar-refractivity contribution in [2.45, 2.75) is 37.6 Å². The zero-order valence-electron chi connectivity index (χ0n) is 13.4. The molecule has 2 aliphatic heterocycles. The Morgan fingerprint density at radius 1 is 1.22 bits per heavy atom. The van der Waals surface area contributed by atoms with E-state index in [1.165, 1.54) is 4.90 Å². The maximum Gasteiger partial charge on any atom is 0.247 e. The first-order valence-electron chi connectivity index (χ1n) is 8.16. The summed E-state index contributed by atoms with van der Waals surface area (Å²) < 4.78 is 0. The fourth-order valence-corrected chi connectivity index (χ4v) is 3.72. The number of likely N-dealkylation sites (N-methyl/N-ethyl adjacent to an activating group) is 1. The number of carbonyl (C=O) groups excluding carboxylic acids is 2. The van der Waals surface area contributed by atoms with E-state index in [2.05, 4.69) is 11.0 Å². The van der Waals surface area contributed by atoms with Crippen molar-refractivity contribution >= 4 is 11.8 Å². The van der Waals surface area contributed by atoms with Gasteiger partial charge < -0.3 is 0 Å². The van der Waals surface area contributed by atoms with Gasteiger partial charge in [-0.1, -0.05) is 30.3 Å². The minimum absolute atomic E-state index is 0.0809. The molecule has 2 aliphatic rings. The highest BCUT2D eigenvalue weighted by molar-refractivity contribution is 6.05. The van der Waals surface area contributed by atoms with Crippen molar-refractivity contribution in [2.24, 2.45) is 0 Å². The highest BCUT2D eigenvalue weighted by Crippen LogP contribution is 2.36. The molecule has 2 heterocycles. The van der Waals surface area contributed by atoms with E-state index in [-0.39, 0.29) is 24.3 Å². The predicted molar refractivity (Wildman–Crippen MR) is 85.3 cm³/mol. The lowest BCUT2D eigenvalue weighted by atomic mass is 9.74. The summed E-state index contributed by atoms with van der Waals surface area (Å²) in [7, 11) is 0. The maximum atomic E-state index is 12.3. The Kier molecular flexibility index (Phi) is 4.18. The molecule has 1 atom stereocenters. The van der Waals surface area contributed by atoms with Crippen LogP contribution in [-0.2, 0) is 15.0 Å². The van der Waals surface area contributed by atoms with Crippen LogP contribution in [0.25, 0.3) is 0 Å². The minimum atomic E-state index is -0.478. The fraction of sp³-hybridized carbons (Fsp3) is 0.500. The van der Waals surface area contributed by atoms with Crippen LogP contribution in [0.1, 0.15) is 31.7 Å². The zero-order valence-corrected chi connectivity index (χ0v) is 13.4. The molecule has 120 valence electrons. The Morgan fingerprint density at radius 2 is 1.87 bits per heavy atom. The molecule has 2 saturated heterocycles. The SMILES string of the molecule is CCN1C(=O)C[C@@H](N2CCC(C#N)(c3ccccc3)CC2)C1=O. The van der Waals surface area contributed by atoms with Crippen LogP contribution in [-0.4, -0.2) is 47.3 Å². The maximum absolute atomic E-state index is 12.3. The Morgan fingerprint density at radius 3 is 2.39 bits per heavy atom. The summed E-state index contributed by atoms with van der Waals surface area (Å²) in [5.74, 6) is -0.163. The standard InChI is InChI=1S/C18H21N3O2/c1-2-21-16(22)12-15(17(21)23)20-10-8-18(13-19,9-11-20)14-6-4-3-5-7-14/h3-7,15H,2,8-12H2,1H3/t15-/m1/s1. The monoisotopic (exact) mass is 311 g/mol. The molecule has 1 aromatic carbocycles. The number of hydrogen-bond acceptors (Lipinski definition) is 4. The summed E-state index contributed by atoms with van der Waals surface area (Å²) in [6.45, 7) is 3.60. The fourth-order valence-electron chi connectivity index (χ4n) is 3.72. The molecule has 5 nitrogen and oxygen atoms in total. The number of amides is 2. The van der Waals surface area contributed by atoms with E-state index in [1.807, 2.05) is 37.3 Å². The zero-order chi connectivity index (χ0) is 16.4. The van der Waals surface area contributed by atoms with Gasteiger partial charge in [0.05, 0.1) is 23.9 Å². The quantitative estimate of drug-likeness (QED) is 0.797. The number of rotatable bonds is 3. The van der Waals surface area contributed by atoms with Crippen LogP contribution in [0, 0.1) is 11.3 Å². The van der Waals surface area contributed by atoms with Crippen LogP contribution in [0.2, 0.25) is 0 Å². The Hall–Kier alpha value is -2.19. The second-order valence-corrected chi connectivity index (χ2v) is 6.29. The molecule has 1 aromatic rings. The van der Waals surface area contributed by atoms with Gasteiger partial charge in [-0.2, -0.15) is 5.26 Å². The summed E-state index contributed by atoms with van der Waals surface area (Å²) >= 11 is 0. The topological polar surface area (TPSA) is 64.4 Å². The van der Waals surface area contributed by atoms with Crippen molar-refractivity contribution in [3.63, 3.8) is 0 Å². The Bertz CT molecular complexity index is 642. The van der Waals surface area contributed by atoms with Gasteiger partial charge in [0.2, 0.25) is 11.8 Å². The van der Waals surface area contributed by atoms with Crippen LogP contribution in [0.5, 0.6) is 0 Å². The molecule has 2 fully saturated rings. The first-order valence-corrected chi connectivity index (χ1v) is 8.16. The molecule has 0 aromatic heterocycles. The Labute approximate surface area is 136 Å². The second kappa shape index (κ2) is 6.13. The second-order valence-electron chi connectivity index (χ2n) is 6.29. The molecular formula is C18H21N3O2. The smallest absolute Gasteiger partial charge is 0.247 e. The van der Waals surface area contributed by atoms with Gasteiger partial charge in [0.15, 0.2) is 0 Å². The van der Waals surface area contributed by atoms with E-state index in [1.54, 1.807) is 0 Å². The lowest BCUT2D eigenvalue weighted by Crippen LogP contribution is -2.49. The van der Waals surface area contributed by atoms with Crippen LogP contribution in [0.4, 0.5) is 0 Å². The number of hydrogen-bond donors (Lipinski definition) is 0. The van der Waals surface area contributed by atoms with Gasteiger partial charge in [0.1, 0.15) is 0 Å². The largest absolute Gasteiger partial charge is 0.291 e.